The first kappa shape index (κ1) is 19.5. The van der Waals surface area contributed by atoms with Crippen LogP contribution in [0.4, 0.5) is 4.79 Å². The fourth-order valence-electron chi connectivity index (χ4n) is 4.10. The average molecular weight is 375 g/mol. The van der Waals surface area contributed by atoms with Crippen molar-refractivity contribution in [1.82, 2.24) is 15.5 Å². The number of amides is 3. The first-order valence-corrected chi connectivity index (χ1v) is 9.67. The van der Waals surface area contributed by atoms with Crippen molar-refractivity contribution in [2.45, 2.75) is 50.6 Å². The van der Waals surface area contributed by atoms with Gasteiger partial charge in [0.15, 0.2) is 0 Å². The molecule has 7 nitrogen and oxygen atoms in total. The summed E-state index contributed by atoms with van der Waals surface area (Å²) in [4.78, 5) is 26.5. The standard InChI is InChI=1S/C20H29N3O4/c1-26-15-9-10-16(18(12-15)27-2)17-8-5-11-23(17)13-19(24)22-20(25)21-14-6-3-4-7-14/h9-10,12,14,17H,3-8,11,13H2,1-2H3,(H2,21,22,24,25). The van der Waals surface area contributed by atoms with Crippen molar-refractivity contribution in [3.8, 4) is 11.5 Å². The van der Waals surface area contributed by atoms with Crippen LogP contribution in [0, 0.1) is 0 Å². The molecular formula is C20H29N3O4. The maximum Gasteiger partial charge on any atom is 0.321 e. The second-order valence-electron chi connectivity index (χ2n) is 7.24. The van der Waals surface area contributed by atoms with Crippen molar-refractivity contribution in [1.29, 1.82) is 0 Å². The molecule has 3 amide bonds. The number of ether oxygens (including phenoxy) is 2. The van der Waals surface area contributed by atoms with Crippen LogP contribution >= 0.6 is 0 Å². The topological polar surface area (TPSA) is 79.9 Å². The summed E-state index contributed by atoms with van der Waals surface area (Å²) in [6.45, 7) is 1.01. The maximum atomic E-state index is 12.4. The summed E-state index contributed by atoms with van der Waals surface area (Å²) < 4.78 is 10.8. The molecule has 148 valence electrons. The Balaban J connectivity index is 1.59. The normalized spacial score (nSPS) is 20.4. The summed E-state index contributed by atoms with van der Waals surface area (Å²) in [7, 11) is 3.26. The van der Waals surface area contributed by atoms with Crippen LogP contribution in [0.25, 0.3) is 0 Å². The molecule has 1 aromatic rings. The van der Waals surface area contributed by atoms with Crippen LogP contribution in [0.2, 0.25) is 0 Å². The number of benzene rings is 1. The van der Waals surface area contributed by atoms with Crippen LogP contribution in [0.1, 0.15) is 50.1 Å². The third-order valence-electron chi connectivity index (χ3n) is 5.45. The third-order valence-corrected chi connectivity index (χ3v) is 5.45. The van der Waals surface area contributed by atoms with Gasteiger partial charge in [-0.05, 0) is 38.3 Å². The zero-order chi connectivity index (χ0) is 19.2. The Kier molecular flexibility index (Phi) is 6.55. The number of carbonyl (C=O) groups excluding carboxylic acids is 2. The second kappa shape index (κ2) is 9.08. The van der Waals surface area contributed by atoms with E-state index in [-0.39, 0.29) is 30.6 Å². The molecule has 2 fully saturated rings. The molecule has 1 aliphatic carbocycles. The van der Waals surface area contributed by atoms with Crippen molar-refractivity contribution >= 4 is 11.9 Å². The number of urea groups is 1. The predicted molar refractivity (Wildman–Crippen MR) is 102 cm³/mol. The molecule has 1 saturated heterocycles. The fourth-order valence-corrected chi connectivity index (χ4v) is 4.10. The third kappa shape index (κ3) is 4.91. The van der Waals surface area contributed by atoms with Gasteiger partial charge in [-0.25, -0.2) is 4.79 Å². The Labute approximate surface area is 160 Å². The summed E-state index contributed by atoms with van der Waals surface area (Å²) >= 11 is 0. The van der Waals surface area contributed by atoms with E-state index in [1.807, 2.05) is 18.2 Å². The van der Waals surface area contributed by atoms with Gasteiger partial charge in [-0.1, -0.05) is 18.9 Å². The minimum atomic E-state index is -0.385. The zero-order valence-electron chi connectivity index (χ0n) is 16.1. The Morgan fingerprint density at radius 3 is 2.59 bits per heavy atom. The van der Waals surface area contributed by atoms with Gasteiger partial charge in [0, 0.05) is 23.7 Å². The van der Waals surface area contributed by atoms with E-state index in [0.717, 1.165) is 62.1 Å². The zero-order valence-corrected chi connectivity index (χ0v) is 16.1. The summed E-state index contributed by atoms with van der Waals surface area (Å²) in [5.74, 6) is 1.22. The highest BCUT2D eigenvalue weighted by molar-refractivity contribution is 5.95. The highest BCUT2D eigenvalue weighted by Crippen LogP contribution is 2.38. The number of hydrogen-bond donors (Lipinski definition) is 2. The number of nitrogens with one attached hydrogen (secondary N) is 2. The van der Waals surface area contributed by atoms with Gasteiger partial charge in [-0.2, -0.15) is 0 Å². The van der Waals surface area contributed by atoms with E-state index in [1.165, 1.54) is 0 Å². The van der Waals surface area contributed by atoms with Crippen molar-refractivity contribution in [3.63, 3.8) is 0 Å². The fraction of sp³-hybridized carbons (Fsp3) is 0.600. The average Bonchev–Trinajstić information content (AvgIpc) is 3.32. The molecule has 1 heterocycles. The van der Waals surface area contributed by atoms with E-state index in [0.29, 0.717) is 0 Å². The Morgan fingerprint density at radius 1 is 1.11 bits per heavy atom. The molecule has 1 aromatic carbocycles. The lowest BCUT2D eigenvalue weighted by molar-refractivity contribution is -0.121. The van der Waals surface area contributed by atoms with Crippen molar-refractivity contribution < 1.29 is 19.1 Å². The number of methoxy groups -OCH3 is 2. The van der Waals surface area contributed by atoms with E-state index in [1.54, 1.807) is 14.2 Å². The van der Waals surface area contributed by atoms with Gasteiger partial charge in [-0.3, -0.25) is 15.0 Å². The number of imide groups is 1. The lowest BCUT2D eigenvalue weighted by atomic mass is 10.0. The van der Waals surface area contributed by atoms with Gasteiger partial charge in [0.2, 0.25) is 5.91 Å². The monoisotopic (exact) mass is 375 g/mol. The van der Waals surface area contributed by atoms with Crippen LogP contribution in [0.3, 0.4) is 0 Å². The highest BCUT2D eigenvalue weighted by atomic mass is 16.5. The minimum absolute atomic E-state index is 0.0921. The van der Waals surface area contributed by atoms with Gasteiger partial charge in [0.05, 0.1) is 20.8 Å². The summed E-state index contributed by atoms with van der Waals surface area (Å²) in [5.41, 5.74) is 1.04. The van der Waals surface area contributed by atoms with Crippen LogP contribution in [0.15, 0.2) is 18.2 Å². The second-order valence-corrected chi connectivity index (χ2v) is 7.24. The smallest absolute Gasteiger partial charge is 0.321 e. The molecule has 0 bridgehead atoms. The predicted octanol–water partition coefficient (Wildman–Crippen LogP) is 2.61. The molecule has 2 aliphatic rings. The lowest BCUT2D eigenvalue weighted by Gasteiger charge is -2.25. The molecule has 1 saturated carbocycles. The Bertz CT molecular complexity index is 673. The van der Waals surface area contributed by atoms with Crippen molar-refractivity contribution in [2.75, 3.05) is 27.3 Å². The number of hydrogen-bond acceptors (Lipinski definition) is 5. The van der Waals surface area contributed by atoms with Crippen LogP contribution in [-0.2, 0) is 4.79 Å². The Morgan fingerprint density at radius 2 is 1.89 bits per heavy atom. The van der Waals surface area contributed by atoms with E-state index < -0.39 is 0 Å². The summed E-state index contributed by atoms with van der Waals surface area (Å²) in [6.07, 6.45) is 6.21. The number of likely N-dealkylation sites (tertiary alicyclic amines) is 1. The molecule has 27 heavy (non-hydrogen) atoms. The van der Waals surface area contributed by atoms with Gasteiger partial charge >= 0.3 is 6.03 Å². The van der Waals surface area contributed by atoms with Gasteiger partial charge in [-0.15, -0.1) is 0 Å². The molecule has 0 spiro atoms. The van der Waals surface area contributed by atoms with E-state index >= 15 is 0 Å². The van der Waals surface area contributed by atoms with Crippen LogP contribution < -0.4 is 20.1 Å². The molecule has 1 aliphatic heterocycles. The number of carbonyl (C=O) groups is 2. The first-order chi connectivity index (χ1) is 13.1. The molecular weight excluding hydrogens is 346 g/mol. The summed E-state index contributed by atoms with van der Waals surface area (Å²) in [5, 5.41) is 5.36. The molecule has 2 N–H and O–H groups in total. The lowest BCUT2D eigenvalue weighted by Crippen LogP contribution is -2.47. The molecule has 3 rings (SSSR count). The van der Waals surface area contributed by atoms with Gasteiger partial charge in [0.25, 0.3) is 0 Å². The van der Waals surface area contributed by atoms with Crippen LogP contribution in [0.5, 0.6) is 11.5 Å². The molecule has 1 unspecified atom stereocenters. The quantitative estimate of drug-likeness (QED) is 0.799. The van der Waals surface area contributed by atoms with Crippen molar-refractivity contribution in [3.05, 3.63) is 23.8 Å². The minimum Gasteiger partial charge on any atom is -0.497 e. The molecule has 0 radical (unpaired) electrons. The van der Waals surface area contributed by atoms with E-state index in [9.17, 15) is 9.59 Å². The highest BCUT2D eigenvalue weighted by Gasteiger charge is 2.30. The number of rotatable bonds is 6. The van der Waals surface area contributed by atoms with E-state index in [4.69, 9.17) is 9.47 Å². The first-order valence-electron chi connectivity index (χ1n) is 9.67. The largest absolute Gasteiger partial charge is 0.497 e. The SMILES string of the molecule is COc1ccc(C2CCCN2CC(=O)NC(=O)NC2CCCC2)c(OC)c1. The Hall–Kier alpha value is -2.28. The molecule has 1 atom stereocenters. The molecule has 7 heteroatoms. The van der Waals surface area contributed by atoms with Crippen molar-refractivity contribution in [2.24, 2.45) is 0 Å². The van der Waals surface area contributed by atoms with Gasteiger partial charge < -0.3 is 14.8 Å². The van der Waals surface area contributed by atoms with Gasteiger partial charge in [0.1, 0.15) is 11.5 Å². The molecule has 0 aromatic heterocycles. The maximum absolute atomic E-state index is 12.4. The van der Waals surface area contributed by atoms with E-state index in [2.05, 4.69) is 15.5 Å². The summed E-state index contributed by atoms with van der Waals surface area (Å²) in [6, 6.07) is 5.66. The van der Waals surface area contributed by atoms with Crippen LogP contribution in [-0.4, -0.2) is 50.2 Å². The number of nitrogens with zero attached hydrogens (tertiary/aromatic N) is 1.